The van der Waals surface area contributed by atoms with E-state index in [0.29, 0.717) is 43.1 Å². The Hall–Kier alpha value is 2.14. The molecule has 0 radical (unpaired) electrons. The van der Waals surface area contributed by atoms with Crippen LogP contribution in [0.25, 0.3) is 0 Å². The van der Waals surface area contributed by atoms with Crippen molar-refractivity contribution in [2.75, 3.05) is 24.7 Å². The van der Waals surface area contributed by atoms with Crippen LogP contribution in [-0.4, -0.2) is 54.6 Å². The van der Waals surface area contributed by atoms with Gasteiger partial charge < -0.3 is 0 Å². The minimum absolute atomic E-state index is 0.605. The molecule has 0 bridgehead atoms. The van der Waals surface area contributed by atoms with Gasteiger partial charge in [0.25, 0.3) is 0 Å². The Kier molecular flexibility index (Phi) is 5.81. The molecule has 6 heterocycles. The summed E-state index contributed by atoms with van der Waals surface area (Å²) < 4.78 is 24.0. The van der Waals surface area contributed by atoms with Crippen LogP contribution in [0.5, 0.6) is 0 Å². The van der Waals surface area contributed by atoms with Gasteiger partial charge in [0.1, 0.15) is 0 Å². The summed E-state index contributed by atoms with van der Waals surface area (Å²) in [6.07, 6.45) is 0. The predicted octanol–water partition coefficient (Wildman–Crippen LogP) is 6.01. The molecule has 0 aromatic carbocycles. The Morgan fingerprint density at radius 2 is 1.04 bits per heavy atom. The molecule has 0 spiro atoms. The number of hydrogen-bond acceptors (Lipinski definition) is 10. The molecule has 12 heteroatoms. The van der Waals surface area contributed by atoms with Crippen molar-refractivity contribution in [3.05, 3.63) is 42.3 Å². The van der Waals surface area contributed by atoms with Crippen molar-refractivity contribution in [1.82, 2.24) is 0 Å². The van der Waals surface area contributed by atoms with Crippen LogP contribution in [0.1, 0.15) is 0 Å². The van der Waals surface area contributed by atoms with Crippen LogP contribution in [0.2, 0.25) is 0 Å². The molecule has 0 saturated heterocycles. The van der Waals surface area contributed by atoms with E-state index in [-0.39, 0.29) is 0 Å². The van der Waals surface area contributed by atoms with Crippen molar-refractivity contribution in [3.63, 3.8) is 0 Å². The number of hydrogen-bond donors (Lipinski definition) is 0. The maximum absolute atomic E-state index is 5.72. The molecule has 0 unspecified atom stereocenters. The summed E-state index contributed by atoms with van der Waals surface area (Å²) in [4.78, 5) is 0. The van der Waals surface area contributed by atoms with Crippen LogP contribution in [0, 0.1) is 0 Å². The fourth-order valence-corrected chi connectivity index (χ4v) is 24.3. The van der Waals surface area contributed by atoms with Gasteiger partial charge in [-0.1, -0.05) is 0 Å². The summed E-state index contributed by atoms with van der Waals surface area (Å²) in [5, 5.41) is 1.92. The fourth-order valence-electron chi connectivity index (χ4n) is 2.36. The summed E-state index contributed by atoms with van der Waals surface area (Å²) in [6, 6.07) is 0. The first kappa shape index (κ1) is 18.9. The Bertz CT molecular complexity index is 744. The van der Waals surface area contributed by atoms with Crippen molar-refractivity contribution in [2.45, 2.75) is 0 Å². The van der Waals surface area contributed by atoms with E-state index in [1.165, 1.54) is 28.5 Å². The summed E-state index contributed by atoms with van der Waals surface area (Å²) in [5.74, 6) is 2.62. The van der Waals surface area contributed by atoms with E-state index in [4.69, 9.17) is 9.47 Å². The van der Waals surface area contributed by atoms with Gasteiger partial charge in [0.05, 0.1) is 0 Å². The molecule has 0 atom stereocenters. The van der Waals surface area contributed by atoms with E-state index in [2.05, 4.69) is 23.5 Å². The van der Waals surface area contributed by atoms with Crippen LogP contribution in [0.15, 0.2) is 42.3 Å². The standard InChI is InChI=1S/C14H8O2S8Se2/c1-2-16-6-5(15-1)19-7(20-6)8-21-9-10(22-8)24-11(23-9)14-25-12-13(26-14)18-4-3-17-12/h1-4H2. The van der Waals surface area contributed by atoms with Gasteiger partial charge in [-0.05, 0) is 0 Å². The first-order chi connectivity index (χ1) is 12.8. The average Bonchev–Trinajstić information content (AvgIpc) is 3.40. The molecule has 0 saturated carbocycles. The molecule has 0 aromatic rings. The third-order valence-electron chi connectivity index (χ3n) is 3.42. The Morgan fingerprint density at radius 3 is 1.58 bits per heavy atom. The van der Waals surface area contributed by atoms with E-state index in [1.807, 2.05) is 47.0 Å². The molecule has 2 nitrogen and oxygen atoms in total. The predicted molar refractivity (Wildman–Crippen MR) is 129 cm³/mol. The van der Waals surface area contributed by atoms with Gasteiger partial charge in [-0.25, -0.2) is 0 Å². The minimum atomic E-state index is 0.605. The Morgan fingerprint density at radius 1 is 0.577 bits per heavy atom. The number of rotatable bonds is 0. The van der Waals surface area contributed by atoms with Gasteiger partial charge in [-0.2, -0.15) is 0 Å². The first-order valence-corrected chi connectivity index (χ1v) is 17.8. The zero-order valence-corrected chi connectivity index (χ0v) is 22.7. The van der Waals surface area contributed by atoms with Crippen molar-refractivity contribution in [3.8, 4) is 0 Å². The molecule has 6 rings (SSSR count). The van der Waals surface area contributed by atoms with Crippen LogP contribution >= 0.6 is 94.1 Å². The third-order valence-corrected chi connectivity index (χ3v) is 23.9. The summed E-state index contributed by atoms with van der Waals surface area (Å²) in [5.41, 5.74) is 0. The monoisotopic (exact) mass is 624 g/mol. The molecule has 0 N–H and O–H groups in total. The quantitative estimate of drug-likeness (QED) is 0.298. The number of ether oxygens (including phenoxy) is 2. The van der Waals surface area contributed by atoms with Crippen molar-refractivity contribution >= 4 is 124 Å². The van der Waals surface area contributed by atoms with Crippen LogP contribution in [-0.2, 0) is 9.47 Å². The topological polar surface area (TPSA) is 18.5 Å². The molecular formula is C14H8O2S8Se2. The molecule has 136 valence electrons. The van der Waals surface area contributed by atoms with E-state index in [0.717, 1.165) is 10.2 Å². The molecule has 0 fully saturated rings. The summed E-state index contributed by atoms with van der Waals surface area (Å²) in [7, 11) is 0. The van der Waals surface area contributed by atoms with Crippen LogP contribution in [0.3, 0.4) is 0 Å². The molecule has 6 aliphatic heterocycles. The zero-order chi connectivity index (χ0) is 17.1. The van der Waals surface area contributed by atoms with E-state index >= 15 is 0 Å². The average molecular weight is 623 g/mol. The molecule has 0 aliphatic carbocycles. The van der Waals surface area contributed by atoms with Crippen molar-refractivity contribution in [2.24, 2.45) is 0 Å². The molecule has 0 aromatic heterocycles. The molecule has 26 heavy (non-hydrogen) atoms. The Balaban J connectivity index is 1.15. The second-order valence-electron chi connectivity index (χ2n) is 5.08. The molecule has 6 aliphatic rings. The van der Waals surface area contributed by atoms with Gasteiger partial charge in [-0.15, -0.1) is 0 Å². The van der Waals surface area contributed by atoms with Crippen LogP contribution in [0.4, 0.5) is 0 Å². The van der Waals surface area contributed by atoms with E-state index in [1.54, 1.807) is 38.7 Å². The summed E-state index contributed by atoms with van der Waals surface area (Å²) in [6.45, 7) is 1.34. The molecule has 0 amide bonds. The van der Waals surface area contributed by atoms with Gasteiger partial charge >= 0.3 is 201 Å². The number of thioether (sulfide) groups is 8. The SMILES string of the molecule is C1COC2=C(O1)SC(=C1SC3=C(S1)SC(=C1[Se]C4=C(SCCS4)[Se]1)S3)S2. The normalized spacial score (nSPS) is 28.0. The second kappa shape index (κ2) is 8.00. The van der Waals surface area contributed by atoms with Gasteiger partial charge in [-0.3, -0.25) is 0 Å². The van der Waals surface area contributed by atoms with E-state index < -0.39 is 0 Å². The zero-order valence-electron chi connectivity index (χ0n) is 12.7. The van der Waals surface area contributed by atoms with Gasteiger partial charge in [0.15, 0.2) is 0 Å². The second-order valence-corrected chi connectivity index (χ2v) is 21.4. The fraction of sp³-hybridized carbons (Fsp3) is 0.286. The van der Waals surface area contributed by atoms with Gasteiger partial charge in [0.2, 0.25) is 0 Å². The van der Waals surface area contributed by atoms with Crippen molar-refractivity contribution in [1.29, 1.82) is 0 Å². The first-order valence-electron chi connectivity index (χ1n) is 7.49. The van der Waals surface area contributed by atoms with E-state index in [9.17, 15) is 0 Å². The third kappa shape index (κ3) is 3.56. The van der Waals surface area contributed by atoms with Gasteiger partial charge in [0, 0.05) is 0 Å². The van der Waals surface area contributed by atoms with Crippen LogP contribution < -0.4 is 0 Å². The maximum atomic E-state index is 5.72. The summed E-state index contributed by atoms with van der Waals surface area (Å²) >= 11 is 16.9. The Labute approximate surface area is 198 Å². The molecular weight excluding hydrogens is 615 g/mol. The van der Waals surface area contributed by atoms with Crippen molar-refractivity contribution < 1.29 is 9.47 Å².